The Morgan fingerprint density at radius 2 is 2.00 bits per heavy atom. The number of hydrogen-bond acceptors (Lipinski definition) is 1. The van der Waals surface area contributed by atoms with E-state index < -0.39 is 0 Å². The van der Waals surface area contributed by atoms with Gasteiger partial charge in [-0.05, 0) is 32.1 Å². The largest absolute Gasteiger partial charge is 0.462 e. The number of rotatable bonds is 2. The molecule has 0 amide bonds. The van der Waals surface area contributed by atoms with Crippen LogP contribution in [0.15, 0.2) is 42.2 Å². The van der Waals surface area contributed by atoms with Gasteiger partial charge in [-0.15, -0.1) is 0 Å². The van der Waals surface area contributed by atoms with Crippen LogP contribution in [0.4, 0.5) is 0 Å². The summed E-state index contributed by atoms with van der Waals surface area (Å²) >= 11 is 0. The van der Waals surface area contributed by atoms with Gasteiger partial charge in [0.05, 0.1) is 5.76 Å². The molecule has 0 spiro atoms. The van der Waals surface area contributed by atoms with Gasteiger partial charge in [0, 0.05) is 0 Å². The summed E-state index contributed by atoms with van der Waals surface area (Å²) in [5.41, 5.74) is 0. The van der Waals surface area contributed by atoms with E-state index in [1.54, 1.807) is 6.08 Å². The Morgan fingerprint density at radius 1 is 1.36 bits per heavy atom. The van der Waals surface area contributed by atoms with E-state index in [4.69, 9.17) is 4.74 Å². The minimum absolute atomic E-state index is 0.816. The van der Waals surface area contributed by atoms with Gasteiger partial charge in [0.1, 0.15) is 5.75 Å². The number of allylic oxidation sites excluding steroid dienone is 2. The third-order valence-electron chi connectivity index (χ3n) is 1.31. The molecule has 57 valence electrons. The fourth-order valence-corrected chi connectivity index (χ4v) is 0.716. The van der Waals surface area contributed by atoms with Gasteiger partial charge in [-0.1, -0.05) is 18.2 Å². The Labute approximate surface area is 67.3 Å². The van der Waals surface area contributed by atoms with Crippen molar-refractivity contribution in [3.05, 3.63) is 49.1 Å². The highest BCUT2D eigenvalue weighted by Gasteiger charge is 1.90. The fraction of sp³-hybridized carbons (Fsp3) is 0.100. The molecule has 0 N–H and O–H groups in total. The Kier molecular flexibility index (Phi) is 2.73. The first kappa shape index (κ1) is 7.86. The maximum absolute atomic E-state index is 5.36. The van der Waals surface area contributed by atoms with Gasteiger partial charge in [0.15, 0.2) is 0 Å². The number of benzene rings is 1. The Balaban J connectivity index is 2.65. The first-order valence-corrected chi connectivity index (χ1v) is 3.52. The molecule has 0 fully saturated rings. The Hall–Kier alpha value is -1.24. The smallest absolute Gasteiger partial charge is 0.126 e. The van der Waals surface area contributed by atoms with Crippen LogP contribution in [0, 0.1) is 6.92 Å². The van der Waals surface area contributed by atoms with Crippen molar-refractivity contribution in [2.75, 3.05) is 0 Å². The van der Waals surface area contributed by atoms with Crippen molar-refractivity contribution in [3.63, 3.8) is 0 Å². The topological polar surface area (TPSA) is 9.23 Å². The molecule has 1 rings (SSSR count). The molecule has 0 aliphatic heterocycles. The second kappa shape index (κ2) is 3.81. The molecule has 1 aromatic rings. The lowest BCUT2D eigenvalue weighted by Gasteiger charge is -2.03. The van der Waals surface area contributed by atoms with Gasteiger partial charge < -0.3 is 4.74 Å². The average molecular weight is 147 g/mol. The summed E-state index contributed by atoms with van der Waals surface area (Å²) in [7, 11) is 0. The van der Waals surface area contributed by atoms with E-state index in [2.05, 4.69) is 6.92 Å². The van der Waals surface area contributed by atoms with Crippen molar-refractivity contribution in [3.8, 4) is 5.75 Å². The van der Waals surface area contributed by atoms with Gasteiger partial charge in [-0.2, -0.15) is 0 Å². The van der Waals surface area contributed by atoms with Gasteiger partial charge >= 0.3 is 0 Å². The van der Waals surface area contributed by atoms with Gasteiger partial charge in [0.25, 0.3) is 0 Å². The quantitative estimate of drug-likeness (QED) is 0.584. The maximum Gasteiger partial charge on any atom is 0.126 e. The fourth-order valence-electron chi connectivity index (χ4n) is 0.716. The van der Waals surface area contributed by atoms with Crippen LogP contribution in [-0.4, -0.2) is 0 Å². The van der Waals surface area contributed by atoms with Crippen molar-refractivity contribution in [1.29, 1.82) is 0 Å². The summed E-state index contributed by atoms with van der Waals surface area (Å²) in [4.78, 5) is 0. The standard InChI is InChI=1S/C10H11O/c1-3-9(2)11-10-7-5-4-6-8-10/h3-8H,1H2,2H3/b9-3-. The number of hydrogen-bond donors (Lipinski definition) is 0. The van der Waals surface area contributed by atoms with Crippen LogP contribution in [-0.2, 0) is 0 Å². The van der Waals surface area contributed by atoms with Crippen molar-refractivity contribution in [2.24, 2.45) is 0 Å². The molecule has 0 bridgehead atoms. The third-order valence-corrected chi connectivity index (χ3v) is 1.31. The summed E-state index contributed by atoms with van der Waals surface area (Å²) in [6, 6.07) is 9.65. The first-order valence-electron chi connectivity index (χ1n) is 3.52. The van der Waals surface area contributed by atoms with E-state index in [-0.39, 0.29) is 0 Å². The summed E-state index contributed by atoms with van der Waals surface area (Å²) in [5, 5.41) is 0. The lowest BCUT2D eigenvalue weighted by Crippen LogP contribution is -1.88. The van der Waals surface area contributed by atoms with Crippen molar-refractivity contribution >= 4 is 0 Å². The van der Waals surface area contributed by atoms with Crippen molar-refractivity contribution < 1.29 is 4.74 Å². The molecule has 11 heavy (non-hydrogen) atoms. The third kappa shape index (κ3) is 2.46. The molecule has 0 aliphatic rings. The van der Waals surface area contributed by atoms with Crippen molar-refractivity contribution in [2.45, 2.75) is 6.92 Å². The average Bonchev–Trinajstić information content (AvgIpc) is 2.06. The van der Waals surface area contributed by atoms with Gasteiger partial charge in [-0.3, -0.25) is 0 Å². The summed E-state index contributed by atoms with van der Waals surface area (Å²) in [5.74, 6) is 1.67. The Morgan fingerprint density at radius 3 is 2.55 bits per heavy atom. The predicted molar refractivity (Wildman–Crippen MR) is 46.2 cm³/mol. The van der Waals surface area contributed by atoms with Crippen LogP contribution >= 0.6 is 0 Å². The second-order valence-corrected chi connectivity index (χ2v) is 2.23. The lowest BCUT2D eigenvalue weighted by atomic mass is 10.3. The zero-order valence-electron chi connectivity index (χ0n) is 6.58. The zero-order valence-corrected chi connectivity index (χ0v) is 6.58. The zero-order chi connectivity index (χ0) is 8.10. The normalized spacial score (nSPS) is 11.3. The number of para-hydroxylation sites is 1. The second-order valence-electron chi connectivity index (χ2n) is 2.23. The molecule has 0 saturated heterocycles. The summed E-state index contributed by atoms with van der Waals surface area (Å²) in [6.45, 7) is 5.47. The summed E-state index contributed by atoms with van der Waals surface area (Å²) < 4.78 is 5.36. The molecule has 1 aromatic carbocycles. The molecule has 0 heterocycles. The molecular weight excluding hydrogens is 136 g/mol. The molecule has 1 nitrogen and oxygen atoms in total. The SMILES string of the molecule is [CH2]/C=C(/C)Oc1ccccc1. The minimum atomic E-state index is 0.816. The van der Waals surface area contributed by atoms with Gasteiger partial charge in [-0.25, -0.2) is 0 Å². The molecule has 1 heteroatoms. The lowest BCUT2D eigenvalue weighted by molar-refractivity contribution is 0.428. The van der Waals surface area contributed by atoms with E-state index in [9.17, 15) is 0 Å². The van der Waals surface area contributed by atoms with E-state index in [0.29, 0.717) is 0 Å². The highest BCUT2D eigenvalue weighted by molar-refractivity contribution is 5.23. The summed E-state index contributed by atoms with van der Waals surface area (Å²) in [6.07, 6.45) is 1.69. The first-order chi connectivity index (χ1) is 5.33. The van der Waals surface area contributed by atoms with Crippen LogP contribution in [0.2, 0.25) is 0 Å². The van der Waals surface area contributed by atoms with E-state index in [0.717, 1.165) is 11.5 Å². The van der Waals surface area contributed by atoms with Crippen molar-refractivity contribution in [1.82, 2.24) is 0 Å². The van der Waals surface area contributed by atoms with Gasteiger partial charge in [0.2, 0.25) is 0 Å². The monoisotopic (exact) mass is 147 g/mol. The molecule has 0 saturated carbocycles. The highest BCUT2D eigenvalue weighted by Crippen LogP contribution is 2.11. The minimum Gasteiger partial charge on any atom is -0.462 e. The van der Waals surface area contributed by atoms with E-state index in [1.807, 2.05) is 37.3 Å². The van der Waals surface area contributed by atoms with Crippen LogP contribution < -0.4 is 4.74 Å². The maximum atomic E-state index is 5.36. The van der Waals surface area contributed by atoms with E-state index in [1.165, 1.54) is 0 Å². The Bertz CT molecular complexity index is 236. The molecule has 0 aliphatic carbocycles. The molecular formula is C10H11O. The van der Waals surface area contributed by atoms with Crippen LogP contribution in [0.3, 0.4) is 0 Å². The highest BCUT2D eigenvalue weighted by atomic mass is 16.5. The molecule has 1 radical (unpaired) electrons. The predicted octanol–water partition coefficient (Wildman–Crippen LogP) is 2.80. The van der Waals surface area contributed by atoms with Crippen LogP contribution in [0.25, 0.3) is 0 Å². The molecule has 0 aromatic heterocycles. The molecule has 0 atom stereocenters. The van der Waals surface area contributed by atoms with Crippen LogP contribution in [0.1, 0.15) is 6.92 Å². The molecule has 0 unspecified atom stereocenters. The van der Waals surface area contributed by atoms with Crippen LogP contribution in [0.5, 0.6) is 5.75 Å². The number of ether oxygens (including phenoxy) is 1. The van der Waals surface area contributed by atoms with E-state index >= 15 is 0 Å².